The Balaban J connectivity index is 3.10. The van der Waals surface area contributed by atoms with Crippen LogP contribution in [0.25, 0.3) is 0 Å². The van der Waals surface area contributed by atoms with E-state index in [0.717, 1.165) is 0 Å². The first-order valence-electron chi connectivity index (χ1n) is 5.88. The molecule has 102 valence electrons. The number of hydrazine groups is 1. The van der Waals surface area contributed by atoms with Crippen LogP contribution in [-0.4, -0.2) is 41.4 Å². The first-order valence-corrected chi connectivity index (χ1v) is 5.88. The van der Waals surface area contributed by atoms with Crippen molar-refractivity contribution in [2.75, 3.05) is 30.6 Å². The molecule has 0 aliphatic heterocycles. The molecule has 18 heavy (non-hydrogen) atoms. The highest BCUT2D eigenvalue weighted by Crippen LogP contribution is 2.32. The lowest BCUT2D eigenvalue weighted by Gasteiger charge is -2.29. The fraction of sp³-hybridized carbons (Fsp3) is 0.636. The molecule has 7 nitrogen and oxygen atoms in total. The van der Waals surface area contributed by atoms with E-state index < -0.39 is 0 Å². The topological polar surface area (TPSA) is 96.5 Å². The van der Waals surface area contributed by atoms with E-state index in [1.54, 1.807) is 7.11 Å². The van der Waals surface area contributed by atoms with Crippen molar-refractivity contribution in [1.29, 1.82) is 0 Å². The molecule has 0 spiro atoms. The molecule has 1 aromatic rings. The summed E-state index contributed by atoms with van der Waals surface area (Å²) in [5.41, 5.74) is 2.48. The number of nitrogens with zero attached hydrogens (tertiary/aromatic N) is 3. The fourth-order valence-electron chi connectivity index (χ4n) is 1.71. The van der Waals surface area contributed by atoms with Gasteiger partial charge in [-0.05, 0) is 20.3 Å². The summed E-state index contributed by atoms with van der Waals surface area (Å²) < 4.78 is 5.31. The van der Waals surface area contributed by atoms with Crippen molar-refractivity contribution >= 4 is 11.6 Å². The highest BCUT2D eigenvalue weighted by Gasteiger charge is 2.19. The van der Waals surface area contributed by atoms with E-state index in [1.807, 2.05) is 4.90 Å². The Bertz CT molecular complexity index is 372. The van der Waals surface area contributed by atoms with Gasteiger partial charge in [0.05, 0.1) is 7.11 Å². The summed E-state index contributed by atoms with van der Waals surface area (Å²) in [6.07, 6.45) is 2.10. The fourth-order valence-corrected chi connectivity index (χ4v) is 1.71. The van der Waals surface area contributed by atoms with E-state index in [4.69, 9.17) is 15.7 Å². The molecular weight excluding hydrogens is 234 g/mol. The Hall–Kier alpha value is -1.60. The van der Waals surface area contributed by atoms with Gasteiger partial charge in [0.2, 0.25) is 5.75 Å². The Morgan fingerprint density at radius 3 is 2.72 bits per heavy atom. The number of aromatic nitrogens is 2. The molecule has 0 aliphatic carbocycles. The molecule has 0 amide bonds. The predicted octanol–water partition coefficient (Wildman–Crippen LogP) is 0.368. The van der Waals surface area contributed by atoms with Crippen molar-refractivity contribution in [3.8, 4) is 5.75 Å². The van der Waals surface area contributed by atoms with Crippen LogP contribution in [0.1, 0.15) is 20.3 Å². The van der Waals surface area contributed by atoms with Crippen molar-refractivity contribution < 1.29 is 9.84 Å². The lowest BCUT2D eigenvalue weighted by Crippen LogP contribution is -2.33. The average molecular weight is 255 g/mol. The molecule has 1 rings (SSSR count). The second kappa shape index (κ2) is 6.97. The molecule has 0 saturated heterocycles. The van der Waals surface area contributed by atoms with Gasteiger partial charge in [0, 0.05) is 19.2 Å². The zero-order valence-electron chi connectivity index (χ0n) is 11.1. The Morgan fingerprint density at radius 1 is 1.50 bits per heavy atom. The van der Waals surface area contributed by atoms with Gasteiger partial charge in [0.25, 0.3) is 0 Å². The lowest BCUT2D eigenvalue weighted by molar-refractivity contribution is 0.288. The van der Waals surface area contributed by atoms with Crippen molar-refractivity contribution in [3.63, 3.8) is 0 Å². The maximum absolute atomic E-state index is 8.95. The van der Waals surface area contributed by atoms with E-state index >= 15 is 0 Å². The number of anilines is 2. The van der Waals surface area contributed by atoms with Gasteiger partial charge < -0.3 is 20.2 Å². The zero-order valence-corrected chi connectivity index (χ0v) is 11.1. The Kier molecular flexibility index (Phi) is 5.60. The summed E-state index contributed by atoms with van der Waals surface area (Å²) in [6, 6.07) is 0.228. The van der Waals surface area contributed by atoms with Crippen LogP contribution >= 0.6 is 0 Å². The van der Waals surface area contributed by atoms with Crippen LogP contribution in [0.4, 0.5) is 11.6 Å². The van der Waals surface area contributed by atoms with E-state index in [0.29, 0.717) is 30.4 Å². The second-order valence-electron chi connectivity index (χ2n) is 4.09. The number of aliphatic hydroxyl groups is 1. The summed E-state index contributed by atoms with van der Waals surface area (Å²) in [7, 11) is 1.55. The van der Waals surface area contributed by atoms with Gasteiger partial charge in [0.15, 0.2) is 11.6 Å². The maximum atomic E-state index is 8.95. The molecule has 0 fully saturated rings. The van der Waals surface area contributed by atoms with Gasteiger partial charge >= 0.3 is 0 Å². The van der Waals surface area contributed by atoms with Crippen LogP contribution in [0.3, 0.4) is 0 Å². The number of nitrogens with two attached hydrogens (primary N) is 1. The number of nitrogens with one attached hydrogen (secondary N) is 1. The van der Waals surface area contributed by atoms with Gasteiger partial charge in [-0.1, -0.05) is 0 Å². The van der Waals surface area contributed by atoms with Crippen LogP contribution in [-0.2, 0) is 0 Å². The monoisotopic (exact) mass is 255 g/mol. The number of aliphatic hydroxyl groups excluding tert-OH is 1. The van der Waals surface area contributed by atoms with E-state index in [-0.39, 0.29) is 12.6 Å². The van der Waals surface area contributed by atoms with Crippen LogP contribution in [0.15, 0.2) is 6.33 Å². The van der Waals surface area contributed by atoms with E-state index in [9.17, 15) is 0 Å². The van der Waals surface area contributed by atoms with Gasteiger partial charge in [-0.2, -0.15) is 0 Å². The second-order valence-corrected chi connectivity index (χ2v) is 4.09. The zero-order chi connectivity index (χ0) is 13.5. The van der Waals surface area contributed by atoms with Crippen LogP contribution in [0.5, 0.6) is 5.75 Å². The Morgan fingerprint density at radius 2 is 2.22 bits per heavy atom. The predicted molar refractivity (Wildman–Crippen MR) is 70.6 cm³/mol. The lowest BCUT2D eigenvalue weighted by atomic mass is 10.2. The molecule has 0 bridgehead atoms. The number of methoxy groups -OCH3 is 1. The van der Waals surface area contributed by atoms with Crippen LogP contribution in [0, 0.1) is 0 Å². The quantitative estimate of drug-likeness (QED) is 0.478. The summed E-state index contributed by atoms with van der Waals surface area (Å²) in [5.74, 6) is 7.01. The summed E-state index contributed by atoms with van der Waals surface area (Å²) in [4.78, 5) is 10.3. The smallest absolute Gasteiger partial charge is 0.205 e. The third-order valence-corrected chi connectivity index (χ3v) is 2.58. The SMILES string of the molecule is COc1c(NN)ncnc1N(CCCO)C(C)C. The minimum atomic E-state index is 0.138. The molecule has 1 heterocycles. The molecule has 0 atom stereocenters. The molecule has 7 heteroatoms. The summed E-state index contributed by atoms with van der Waals surface area (Å²) >= 11 is 0. The standard InChI is InChI=1S/C11H21N5O2/c1-8(2)16(5-4-6-17)11-9(18-3)10(15-12)13-7-14-11/h7-8,17H,4-6,12H2,1-3H3,(H,13,14,15). The average Bonchev–Trinajstić information content (AvgIpc) is 2.38. The molecular formula is C11H21N5O2. The van der Waals surface area contributed by atoms with Crippen LogP contribution < -0.4 is 20.9 Å². The molecule has 1 aromatic heterocycles. The summed E-state index contributed by atoms with van der Waals surface area (Å²) in [5, 5.41) is 8.95. The van der Waals surface area contributed by atoms with E-state index in [2.05, 4.69) is 29.2 Å². The molecule has 0 aliphatic rings. The number of nitrogen functional groups attached to an aromatic ring is 1. The molecule has 0 aromatic carbocycles. The van der Waals surface area contributed by atoms with Crippen molar-refractivity contribution in [2.24, 2.45) is 5.84 Å². The van der Waals surface area contributed by atoms with Gasteiger partial charge in [-0.15, -0.1) is 0 Å². The molecule has 4 N–H and O–H groups in total. The van der Waals surface area contributed by atoms with Gasteiger partial charge in [0.1, 0.15) is 6.33 Å². The molecule has 0 radical (unpaired) electrons. The van der Waals surface area contributed by atoms with E-state index in [1.165, 1.54) is 6.33 Å². The Labute approximate surface area is 107 Å². The third-order valence-electron chi connectivity index (χ3n) is 2.58. The van der Waals surface area contributed by atoms with Gasteiger partial charge in [-0.3, -0.25) is 0 Å². The summed E-state index contributed by atoms with van der Waals surface area (Å²) in [6.45, 7) is 4.92. The highest BCUT2D eigenvalue weighted by atomic mass is 16.5. The number of hydrogen-bond donors (Lipinski definition) is 3. The third kappa shape index (κ3) is 3.21. The molecule has 0 unspecified atom stereocenters. The first kappa shape index (κ1) is 14.5. The van der Waals surface area contributed by atoms with Crippen LogP contribution in [0.2, 0.25) is 0 Å². The number of ether oxygens (including phenoxy) is 1. The number of rotatable bonds is 7. The van der Waals surface area contributed by atoms with Crippen molar-refractivity contribution in [1.82, 2.24) is 9.97 Å². The first-order chi connectivity index (χ1) is 8.65. The van der Waals surface area contributed by atoms with Crippen molar-refractivity contribution in [2.45, 2.75) is 26.3 Å². The normalized spacial score (nSPS) is 10.6. The minimum Gasteiger partial charge on any atom is -0.490 e. The minimum absolute atomic E-state index is 0.138. The largest absolute Gasteiger partial charge is 0.490 e. The van der Waals surface area contributed by atoms with Crippen molar-refractivity contribution in [3.05, 3.63) is 6.33 Å². The van der Waals surface area contributed by atoms with Gasteiger partial charge in [-0.25, -0.2) is 15.8 Å². The highest BCUT2D eigenvalue weighted by molar-refractivity contribution is 5.64. The maximum Gasteiger partial charge on any atom is 0.205 e. The number of hydrogen-bond acceptors (Lipinski definition) is 7. The molecule has 0 saturated carbocycles.